The van der Waals surface area contributed by atoms with Crippen molar-refractivity contribution in [1.29, 1.82) is 0 Å². The number of carboxylic acids is 1. The average molecular weight is 344 g/mol. The van der Waals surface area contributed by atoms with Gasteiger partial charge in [-0.25, -0.2) is 4.39 Å². The number of carbonyl (C=O) groups is 2. The molecule has 0 aliphatic heterocycles. The Morgan fingerprint density at radius 1 is 1.39 bits per heavy atom. The first-order valence-corrected chi connectivity index (χ1v) is 7.76. The first-order chi connectivity index (χ1) is 10.9. The predicted molar refractivity (Wildman–Crippen MR) is 82.6 cm³/mol. The number of halogens is 2. The van der Waals surface area contributed by atoms with E-state index in [-0.39, 0.29) is 17.5 Å². The van der Waals surface area contributed by atoms with Gasteiger partial charge >= 0.3 is 5.97 Å². The van der Waals surface area contributed by atoms with E-state index in [0.29, 0.717) is 31.6 Å². The molecule has 0 bridgehead atoms. The maximum Gasteiger partial charge on any atom is 0.307 e. The lowest BCUT2D eigenvalue weighted by Gasteiger charge is -2.36. The molecule has 0 heterocycles. The van der Waals surface area contributed by atoms with E-state index in [1.807, 2.05) is 0 Å². The number of benzene rings is 1. The molecule has 0 radical (unpaired) electrons. The second-order valence-corrected chi connectivity index (χ2v) is 6.02. The minimum absolute atomic E-state index is 0.199. The van der Waals surface area contributed by atoms with Crippen LogP contribution in [0.1, 0.15) is 18.4 Å². The van der Waals surface area contributed by atoms with E-state index in [1.165, 1.54) is 30.2 Å². The molecule has 1 aliphatic rings. The summed E-state index contributed by atoms with van der Waals surface area (Å²) in [6.07, 6.45) is 1.08. The van der Waals surface area contributed by atoms with Crippen molar-refractivity contribution < 1.29 is 23.8 Å². The van der Waals surface area contributed by atoms with Crippen molar-refractivity contribution in [3.63, 3.8) is 0 Å². The zero-order chi connectivity index (χ0) is 17.0. The van der Waals surface area contributed by atoms with Crippen LogP contribution in [-0.4, -0.2) is 42.1 Å². The first kappa shape index (κ1) is 17.7. The maximum atomic E-state index is 13.1. The van der Waals surface area contributed by atoms with E-state index in [2.05, 4.69) is 0 Å². The van der Waals surface area contributed by atoms with Gasteiger partial charge < -0.3 is 14.7 Å². The van der Waals surface area contributed by atoms with Gasteiger partial charge in [0.1, 0.15) is 5.82 Å². The number of carboxylic acid groups (broad SMARTS) is 1. The standard InChI is InChI=1S/C16H19ClFNO4/c1-23-7-6-19(9-10-2-3-11(18)8-14(10)17)15(20)12-4-5-13(12)16(21)22/h2-3,8,12-13H,4-7,9H2,1H3,(H,21,22). The molecule has 1 N–H and O–H groups in total. The fourth-order valence-electron chi connectivity index (χ4n) is 2.65. The molecule has 0 spiro atoms. The molecule has 1 fully saturated rings. The smallest absolute Gasteiger partial charge is 0.307 e. The van der Waals surface area contributed by atoms with Crippen molar-refractivity contribution in [3.8, 4) is 0 Å². The third-order valence-electron chi connectivity index (χ3n) is 4.16. The lowest BCUT2D eigenvalue weighted by molar-refractivity contribution is -0.157. The molecule has 1 aromatic rings. The summed E-state index contributed by atoms with van der Waals surface area (Å²) >= 11 is 6.02. The fraction of sp³-hybridized carbons (Fsp3) is 0.500. The molecule has 0 saturated heterocycles. The summed E-state index contributed by atoms with van der Waals surface area (Å²) in [5.41, 5.74) is 0.615. The minimum Gasteiger partial charge on any atom is -0.481 e. The van der Waals surface area contributed by atoms with Gasteiger partial charge in [-0.05, 0) is 30.5 Å². The van der Waals surface area contributed by atoms with Crippen LogP contribution in [-0.2, 0) is 20.9 Å². The molecule has 126 valence electrons. The third-order valence-corrected chi connectivity index (χ3v) is 4.51. The zero-order valence-electron chi connectivity index (χ0n) is 12.8. The molecule has 0 aromatic heterocycles. The van der Waals surface area contributed by atoms with E-state index in [9.17, 15) is 14.0 Å². The predicted octanol–water partition coefficient (Wildman–Crippen LogP) is 2.56. The van der Waals surface area contributed by atoms with Crippen molar-refractivity contribution >= 4 is 23.5 Å². The molecule has 23 heavy (non-hydrogen) atoms. The second-order valence-electron chi connectivity index (χ2n) is 5.62. The molecule has 1 aromatic carbocycles. The van der Waals surface area contributed by atoms with Gasteiger partial charge in [0.05, 0.1) is 18.4 Å². The van der Waals surface area contributed by atoms with Crippen LogP contribution in [0.4, 0.5) is 4.39 Å². The number of hydrogen-bond donors (Lipinski definition) is 1. The lowest BCUT2D eigenvalue weighted by Crippen LogP contribution is -2.46. The van der Waals surface area contributed by atoms with Crippen LogP contribution in [0, 0.1) is 17.7 Å². The molecule has 1 amide bonds. The fourth-order valence-corrected chi connectivity index (χ4v) is 2.88. The highest BCUT2D eigenvalue weighted by Gasteiger charge is 2.43. The molecular weight excluding hydrogens is 325 g/mol. The summed E-state index contributed by atoms with van der Waals surface area (Å²) in [6, 6.07) is 4.00. The zero-order valence-corrected chi connectivity index (χ0v) is 13.6. The normalized spacial score (nSPS) is 20.0. The van der Waals surface area contributed by atoms with E-state index in [0.717, 1.165) is 0 Å². The van der Waals surface area contributed by atoms with Crippen LogP contribution in [0.25, 0.3) is 0 Å². The van der Waals surface area contributed by atoms with Crippen LogP contribution in [0.5, 0.6) is 0 Å². The first-order valence-electron chi connectivity index (χ1n) is 7.38. The van der Waals surface area contributed by atoms with Gasteiger partial charge in [0.25, 0.3) is 0 Å². The Balaban J connectivity index is 2.13. The Kier molecular flexibility index (Phi) is 5.96. The van der Waals surface area contributed by atoms with E-state index in [4.69, 9.17) is 21.4 Å². The monoisotopic (exact) mass is 343 g/mol. The summed E-state index contributed by atoms with van der Waals surface area (Å²) in [6.45, 7) is 0.852. The Hall–Kier alpha value is -1.66. The van der Waals surface area contributed by atoms with Crippen molar-refractivity contribution in [2.24, 2.45) is 11.8 Å². The number of amides is 1. The van der Waals surface area contributed by atoms with Crippen LogP contribution in [0.3, 0.4) is 0 Å². The Bertz CT molecular complexity index is 595. The third kappa shape index (κ3) is 4.20. The highest BCUT2D eigenvalue weighted by molar-refractivity contribution is 6.31. The van der Waals surface area contributed by atoms with E-state index < -0.39 is 23.6 Å². The number of methoxy groups -OCH3 is 1. The molecule has 2 unspecified atom stereocenters. The summed E-state index contributed by atoms with van der Waals surface area (Å²) in [5, 5.41) is 9.36. The van der Waals surface area contributed by atoms with Crippen LogP contribution >= 0.6 is 11.6 Å². The molecule has 7 heteroatoms. The van der Waals surface area contributed by atoms with Crippen molar-refractivity contribution in [3.05, 3.63) is 34.6 Å². The van der Waals surface area contributed by atoms with Crippen molar-refractivity contribution in [2.45, 2.75) is 19.4 Å². The average Bonchev–Trinajstić information content (AvgIpc) is 2.43. The van der Waals surface area contributed by atoms with Gasteiger partial charge in [-0.15, -0.1) is 0 Å². The van der Waals surface area contributed by atoms with Gasteiger partial charge in [0.15, 0.2) is 0 Å². The highest BCUT2D eigenvalue weighted by Crippen LogP contribution is 2.36. The number of ether oxygens (including phenoxy) is 1. The number of hydrogen-bond acceptors (Lipinski definition) is 3. The molecule has 2 atom stereocenters. The molecule has 2 rings (SSSR count). The Morgan fingerprint density at radius 3 is 2.61 bits per heavy atom. The lowest BCUT2D eigenvalue weighted by atomic mass is 9.73. The molecule has 1 aliphatic carbocycles. The van der Waals surface area contributed by atoms with Crippen molar-refractivity contribution in [2.75, 3.05) is 20.3 Å². The topological polar surface area (TPSA) is 66.8 Å². The van der Waals surface area contributed by atoms with Crippen LogP contribution in [0.2, 0.25) is 5.02 Å². The van der Waals surface area contributed by atoms with Gasteiger partial charge in [-0.1, -0.05) is 17.7 Å². The Morgan fingerprint density at radius 2 is 2.09 bits per heavy atom. The number of carbonyl (C=O) groups excluding carboxylic acids is 1. The largest absolute Gasteiger partial charge is 0.481 e. The number of rotatable bonds is 7. The van der Waals surface area contributed by atoms with Crippen molar-refractivity contribution in [1.82, 2.24) is 4.90 Å². The molecular formula is C16H19ClFNO4. The van der Waals surface area contributed by atoms with Crippen LogP contribution in [0.15, 0.2) is 18.2 Å². The van der Waals surface area contributed by atoms with Gasteiger partial charge in [-0.3, -0.25) is 9.59 Å². The molecule has 1 saturated carbocycles. The molecule has 5 nitrogen and oxygen atoms in total. The van der Waals surface area contributed by atoms with Gasteiger partial charge in [-0.2, -0.15) is 0 Å². The van der Waals surface area contributed by atoms with E-state index >= 15 is 0 Å². The second kappa shape index (κ2) is 7.75. The summed E-state index contributed by atoms with van der Waals surface area (Å²) in [4.78, 5) is 25.3. The van der Waals surface area contributed by atoms with Gasteiger partial charge in [0.2, 0.25) is 5.91 Å². The quantitative estimate of drug-likeness (QED) is 0.826. The number of nitrogens with zero attached hydrogens (tertiary/aromatic N) is 1. The maximum absolute atomic E-state index is 13.1. The number of aliphatic carboxylic acids is 1. The minimum atomic E-state index is -0.943. The Labute approximate surface area is 139 Å². The summed E-state index contributed by atoms with van der Waals surface area (Å²) < 4.78 is 18.1. The summed E-state index contributed by atoms with van der Waals surface area (Å²) in [7, 11) is 1.52. The summed E-state index contributed by atoms with van der Waals surface area (Å²) in [5.74, 6) is -2.75. The highest BCUT2D eigenvalue weighted by atomic mass is 35.5. The van der Waals surface area contributed by atoms with E-state index in [1.54, 1.807) is 0 Å². The SMILES string of the molecule is COCCN(Cc1ccc(F)cc1Cl)C(=O)C1CCC1C(=O)O. The van der Waals surface area contributed by atoms with Crippen LogP contribution < -0.4 is 0 Å². The van der Waals surface area contributed by atoms with Gasteiger partial charge in [0, 0.05) is 25.2 Å².